The van der Waals surface area contributed by atoms with E-state index in [1.807, 2.05) is 25.1 Å². The third-order valence-electron chi connectivity index (χ3n) is 4.94. The first-order chi connectivity index (χ1) is 12.5. The van der Waals surface area contributed by atoms with Gasteiger partial charge in [0.1, 0.15) is 0 Å². The molecule has 0 unspecified atom stereocenters. The van der Waals surface area contributed by atoms with E-state index in [1.54, 1.807) is 6.07 Å². The fraction of sp³-hybridized carbons (Fsp3) is 0.350. The van der Waals surface area contributed by atoms with Gasteiger partial charge in [0.15, 0.2) is 0 Å². The van der Waals surface area contributed by atoms with Crippen molar-refractivity contribution in [2.45, 2.75) is 25.9 Å². The molecular formula is C20H23N3O3. The van der Waals surface area contributed by atoms with Crippen LogP contribution in [0, 0.1) is 16.0 Å². The largest absolute Gasteiger partial charge is 0.349 e. The summed E-state index contributed by atoms with van der Waals surface area (Å²) in [5.41, 5.74) is 1.55. The quantitative estimate of drug-likeness (QED) is 0.639. The van der Waals surface area contributed by atoms with Crippen molar-refractivity contribution in [3.05, 3.63) is 75.8 Å². The van der Waals surface area contributed by atoms with Gasteiger partial charge in [0, 0.05) is 36.8 Å². The van der Waals surface area contributed by atoms with Crippen LogP contribution < -0.4 is 5.32 Å². The molecule has 0 bridgehead atoms. The van der Waals surface area contributed by atoms with Crippen LogP contribution >= 0.6 is 0 Å². The van der Waals surface area contributed by atoms with E-state index in [1.165, 1.54) is 23.8 Å². The van der Waals surface area contributed by atoms with E-state index in [0.29, 0.717) is 11.5 Å². The number of likely N-dealkylation sites (tertiary alicyclic amines) is 1. The maximum Gasteiger partial charge on any atom is 0.270 e. The van der Waals surface area contributed by atoms with Gasteiger partial charge in [0.25, 0.3) is 11.6 Å². The molecule has 2 atom stereocenters. The number of nitrogens with one attached hydrogen (secondary N) is 1. The molecule has 0 saturated carbocycles. The smallest absolute Gasteiger partial charge is 0.270 e. The number of nitro groups is 1. The number of hydrogen-bond acceptors (Lipinski definition) is 4. The highest BCUT2D eigenvalue weighted by atomic mass is 16.6. The van der Waals surface area contributed by atoms with Gasteiger partial charge in [-0.1, -0.05) is 36.4 Å². The highest BCUT2D eigenvalue weighted by Crippen LogP contribution is 2.22. The lowest BCUT2D eigenvalue weighted by Crippen LogP contribution is -2.39. The Hall–Kier alpha value is -2.73. The Morgan fingerprint density at radius 3 is 2.77 bits per heavy atom. The Morgan fingerprint density at radius 2 is 2.04 bits per heavy atom. The van der Waals surface area contributed by atoms with Gasteiger partial charge in [0.05, 0.1) is 4.92 Å². The first-order valence-corrected chi connectivity index (χ1v) is 8.84. The summed E-state index contributed by atoms with van der Waals surface area (Å²) >= 11 is 0. The van der Waals surface area contributed by atoms with E-state index in [2.05, 4.69) is 22.3 Å². The second-order valence-corrected chi connectivity index (χ2v) is 6.84. The molecule has 1 aliphatic heterocycles. The fourth-order valence-corrected chi connectivity index (χ4v) is 3.42. The van der Waals surface area contributed by atoms with E-state index in [9.17, 15) is 14.9 Å². The van der Waals surface area contributed by atoms with Crippen molar-refractivity contribution in [1.29, 1.82) is 0 Å². The number of carbonyl (C=O) groups is 1. The topological polar surface area (TPSA) is 75.5 Å². The lowest BCUT2D eigenvalue weighted by Gasteiger charge is -2.22. The molecule has 3 rings (SSSR count). The maximum absolute atomic E-state index is 12.4. The van der Waals surface area contributed by atoms with Crippen molar-refractivity contribution in [3.63, 3.8) is 0 Å². The molecule has 6 nitrogen and oxygen atoms in total. The summed E-state index contributed by atoms with van der Waals surface area (Å²) in [5, 5.41) is 13.9. The van der Waals surface area contributed by atoms with Gasteiger partial charge in [0.2, 0.25) is 0 Å². The first kappa shape index (κ1) is 18.1. The third-order valence-corrected chi connectivity index (χ3v) is 4.94. The standard InChI is InChI=1S/C20H23N3O3/c1-15(21-20(24)17-8-5-9-19(12-17)23(25)26)18-10-11-22(14-18)13-16-6-3-2-4-7-16/h2-9,12,15,18H,10-11,13-14H2,1H3,(H,21,24)/t15-,18+/m0/s1. The monoisotopic (exact) mass is 353 g/mol. The van der Waals surface area contributed by atoms with Gasteiger partial charge in [-0.3, -0.25) is 19.8 Å². The minimum atomic E-state index is -0.487. The number of amides is 1. The minimum absolute atomic E-state index is 0.0162. The summed E-state index contributed by atoms with van der Waals surface area (Å²) in [6, 6.07) is 16.2. The number of non-ortho nitro benzene ring substituents is 1. The van der Waals surface area contributed by atoms with Crippen molar-refractivity contribution in [3.8, 4) is 0 Å². The lowest BCUT2D eigenvalue weighted by molar-refractivity contribution is -0.384. The second kappa shape index (κ2) is 8.10. The number of rotatable bonds is 6. The zero-order valence-electron chi connectivity index (χ0n) is 14.8. The van der Waals surface area contributed by atoms with Gasteiger partial charge in [-0.2, -0.15) is 0 Å². The van der Waals surface area contributed by atoms with Crippen molar-refractivity contribution in [1.82, 2.24) is 10.2 Å². The van der Waals surface area contributed by atoms with E-state index < -0.39 is 4.92 Å². The molecule has 2 aromatic carbocycles. The van der Waals surface area contributed by atoms with Crippen LogP contribution in [0.15, 0.2) is 54.6 Å². The molecule has 0 aliphatic carbocycles. The summed E-state index contributed by atoms with van der Waals surface area (Å²) in [5.74, 6) is 0.115. The van der Waals surface area contributed by atoms with Crippen molar-refractivity contribution >= 4 is 11.6 Å². The molecule has 1 heterocycles. The third kappa shape index (κ3) is 4.46. The average molecular weight is 353 g/mol. The molecule has 1 fully saturated rings. The number of nitrogens with zero attached hydrogens (tertiary/aromatic N) is 2. The van der Waals surface area contributed by atoms with Gasteiger partial charge >= 0.3 is 0 Å². The molecular weight excluding hydrogens is 330 g/mol. The Balaban J connectivity index is 1.55. The average Bonchev–Trinajstić information content (AvgIpc) is 3.11. The molecule has 136 valence electrons. The highest BCUT2D eigenvalue weighted by Gasteiger charge is 2.28. The molecule has 0 spiro atoms. The maximum atomic E-state index is 12.4. The zero-order valence-corrected chi connectivity index (χ0v) is 14.8. The molecule has 1 aliphatic rings. The number of hydrogen-bond donors (Lipinski definition) is 1. The summed E-state index contributed by atoms with van der Waals surface area (Å²) in [6.45, 7) is 4.87. The van der Waals surface area contributed by atoms with Gasteiger partial charge < -0.3 is 5.32 Å². The molecule has 0 radical (unpaired) electrons. The van der Waals surface area contributed by atoms with Crippen LogP contribution in [-0.2, 0) is 6.54 Å². The van der Waals surface area contributed by atoms with Gasteiger partial charge in [-0.25, -0.2) is 0 Å². The molecule has 2 aromatic rings. The molecule has 6 heteroatoms. The first-order valence-electron chi connectivity index (χ1n) is 8.84. The van der Waals surface area contributed by atoms with E-state index in [-0.39, 0.29) is 17.6 Å². The van der Waals surface area contributed by atoms with Crippen LogP contribution in [0.4, 0.5) is 5.69 Å². The number of nitro benzene ring substituents is 1. The zero-order chi connectivity index (χ0) is 18.5. The SMILES string of the molecule is C[C@H](NC(=O)c1cccc([N+](=O)[O-])c1)[C@@H]1CCN(Cc2ccccc2)C1. The Kier molecular flexibility index (Phi) is 5.63. The van der Waals surface area contributed by atoms with Crippen LogP contribution in [0.2, 0.25) is 0 Å². The van der Waals surface area contributed by atoms with Crippen molar-refractivity contribution < 1.29 is 9.72 Å². The van der Waals surface area contributed by atoms with Gasteiger partial charge in [-0.05, 0) is 37.4 Å². The second-order valence-electron chi connectivity index (χ2n) is 6.84. The van der Waals surface area contributed by atoms with Crippen LogP contribution in [-0.4, -0.2) is 34.9 Å². The van der Waals surface area contributed by atoms with Crippen molar-refractivity contribution in [2.24, 2.45) is 5.92 Å². The molecule has 0 aromatic heterocycles. The van der Waals surface area contributed by atoms with Crippen LogP contribution in [0.5, 0.6) is 0 Å². The van der Waals surface area contributed by atoms with Gasteiger partial charge in [-0.15, -0.1) is 0 Å². The minimum Gasteiger partial charge on any atom is -0.349 e. The normalized spacial score (nSPS) is 18.4. The number of benzene rings is 2. The molecule has 26 heavy (non-hydrogen) atoms. The Labute approximate surface area is 153 Å². The molecule has 1 N–H and O–H groups in total. The molecule has 1 saturated heterocycles. The predicted molar refractivity (Wildman–Crippen MR) is 99.9 cm³/mol. The van der Waals surface area contributed by atoms with Crippen LogP contribution in [0.25, 0.3) is 0 Å². The summed E-state index contributed by atoms with van der Waals surface area (Å²) < 4.78 is 0. The predicted octanol–water partition coefficient (Wildman–Crippen LogP) is 3.24. The molecule has 1 amide bonds. The van der Waals surface area contributed by atoms with Crippen LogP contribution in [0.1, 0.15) is 29.3 Å². The van der Waals surface area contributed by atoms with E-state index >= 15 is 0 Å². The summed E-state index contributed by atoms with van der Waals surface area (Å²) in [4.78, 5) is 25.2. The van der Waals surface area contributed by atoms with Crippen LogP contribution in [0.3, 0.4) is 0 Å². The fourth-order valence-electron chi connectivity index (χ4n) is 3.42. The number of carbonyl (C=O) groups excluding carboxylic acids is 1. The Bertz CT molecular complexity index is 779. The van der Waals surface area contributed by atoms with E-state index in [4.69, 9.17) is 0 Å². The highest BCUT2D eigenvalue weighted by molar-refractivity contribution is 5.95. The van der Waals surface area contributed by atoms with Crippen molar-refractivity contribution in [2.75, 3.05) is 13.1 Å². The Morgan fingerprint density at radius 1 is 1.27 bits per heavy atom. The summed E-state index contributed by atoms with van der Waals surface area (Å²) in [7, 11) is 0. The lowest BCUT2D eigenvalue weighted by atomic mass is 10.00. The van der Waals surface area contributed by atoms with E-state index in [0.717, 1.165) is 26.1 Å². The summed E-state index contributed by atoms with van der Waals surface area (Å²) in [6.07, 6.45) is 1.03.